The summed E-state index contributed by atoms with van der Waals surface area (Å²) in [6.07, 6.45) is 2.67. The van der Waals surface area contributed by atoms with Crippen molar-refractivity contribution in [2.75, 3.05) is 56.9 Å². The second-order valence-corrected chi connectivity index (χ2v) is 11.0. The Labute approximate surface area is 240 Å². The van der Waals surface area contributed by atoms with E-state index in [4.69, 9.17) is 30.5 Å². The zero-order valence-electron chi connectivity index (χ0n) is 23.5. The van der Waals surface area contributed by atoms with Crippen molar-refractivity contribution in [1.82, 2.24) is 4.98 Å². The maximum atomic E-state index is 15.5. The average Bonchev–Trinajstić information content (AvgIpc) is 3.22. The first kappa shape index (κ1) is 30.1. The quantitative estimate of drug-likeness (QED) is 0.352. The number of pyridine rings is 1. The van der Waals surface area contributed by atoms with Gasteiger partial charge in [-0.05, 0) is 18.6 Å². The zero-order chi connectivity index (χ0) is 28.8. The van der Waals surface area contributed by atoms with E-state index in [9.17, 15) is 9.90 Å². The molecule has 9 nitrogen and oxygen atoms in total. The molecule has 4 rings (SSSR count). The molecule has 2 unspecified atom stereocenters. The molecule has 40 heavy (non-hydrogen) atoms. The predicted octanol–water partition coefficient (Wildman–Crippen LogP) is 4.90. The molecule has 2 aliphatic heterocycles. The Bertz CT molecular complexity index is 1160. The third-order valence-corrected chi connectivity index (χ3v) is 8.17. The van der Waals surface area contributed by atoms with Crippen molar-refractivity contribution in [2.45, 2.75) is 51.4 Å². The first-order valence-corrected chi connectivity index (χ1v) is 14.1. The number of anilines is 2. The number of methoxy groups -OCH3 is 2. The Morgan fingerprint density at radius 3 is 2.62 bits per heavy atom. The van der Waals surface area contributed by atoms with Crippen molar-refractivity contribution < 1.29 is 33.2 Å². The van der Waals surface area contributed by atoms with Crippen LogP contribution in [0.25, 0.3) is 0 Å². The van der Waals surface area contributed by atoms with Gasteiger partial charge in [-0.1, -0.05) is 25.4 Å². The van der Waals surface area contributed by atoms with Crippen molar-refractivity contribution in [1.29, 1.82) is 0 Å². The van der Waals surface area contributed by atoms with E-state index in [1.165, 1.54) is 6.07 Å². The number of aromatic nitrogens is 1. The second-order valence-electron chi connectivity index (χ2n) is 10.6. The molecule has 2 aromatic rings. The SMILES string of the molecule is COCCCO[C@H]1CN(c2ccc(OC3CCN(c4cc(OC)ncc4Cl)CC3C)cc2F)[C@@H](CC(=O)O)[C@@H]1C. The first-order valence-electron chi connectivity index (χ1n) is 13.7. The van der Waals surface area contributed by atoms with E-state index in [2.05, 4.69) is 16.8 Å². The number of benzene rings is 1. The fraction of sp³-hybridized carbons (Fsp3) is 0.586. The highest BCUT2D eigenvalue weighted by atomic mass is 35.5. The van der Waals surface area contributed by atoms with Crippen LogP contribution in [0.4, 0.5) is 15.8 Å². The van der Waals surface area contributed by atoms with Gasteiger partial charge in [-0.3, -0.25) is 4.79 Å². The first-order chi connectivity index (χ1) is 19.2. The van der Waals surface area contributed by atoms with Gasteiger partial charge >= 0.3 is 5.97 Å². The highest BCUT2D eigenvalue weighted by Crippen LogP contribution is 2.37. The van der Waals surface area contributed by atoms with Crippen LogP contribution in [0.3, 0.4) is 0 Å². The number of carbonyl (C=O) groups is 1. The lowest BCUT2D eigenvalue weighted by atomic mass is 9.96. The fourth-order valence-electron chi connectivity index (χ4n) is 5.67. The van der Waals surface area contributed by atoms with Crippen LogP contribution >= 0.6 is 11.6 Å². The van der Waals surface area contributed by atoms with Gasteiger partial charge in [0.2, 0.25) is 5.88 Å². The summed E-state index contributed by atoms with van der Waals surface area (Å²) in [4.78, 5) is 19.8. The lowest BCUT2D eigenvalue weighted by Gasteiger charge is -2.38. The molecule has 0 aliphatic carbocycles. The largest absolute Gasteiger partial charge is 0.490 e. The maximum absolute atomic E-state index is 15.5. The topological polar surface area (TPSA) is 93.6 Å². The number of carboxylic acids is 1. The molecule has 1 N–H and O–H groups in total. The molecule has 0 spiro atoms. The van der Waals surface area contributed by atoms with Crippen molar-refractivity contribution in [3.63, 3.8) is 0 Å². The van der Waals surface area contributed by atoms with Crippen LogP contribution in [0.5, 0.6) is 11.6 Å². The van der Waals surface area contributed by atoms with Gasteiger partial charge < -0.3 is 33.9 Å². The highest BCUT2D eigenvalue weighted by Gasteiger charge is 2.41. The van der Waals surface area contributed by atoms with E-state index in [1.807, 2.05) is 17.9 Å². The molecule has 3 heterocycles. The summed E-state index contributed by atoms with van der Waals surface area (Å²) in [5, 5.41) is 10.1. The summed E-state index contributed by atoms with van der Waals surface area (Å²) >= 11 is 6.40. The molecule has 0 bridgehead atoms. The summed E-state index contributed by atoms with van der Waals surface area (Å²) in [6, 6.07) is 6.29. The molecule has 1 aromatic heterocycles. The molecule has 2 saturated heterocycles. The van der Waals surface area contributed by atoms with Gasteiger partial charge in [0.05, 0.1) is 42.2 Å². The van der Waals surface area contributed by atoms with Crippen LogP contribution in [0.1, 0.15) is 33.1 Å². The number of nitrogens with zero attached hydrogens (tertiary/aromatic N) is 3. The summed E-state index contributed by atoms with van der Waals surface area (Å²) in [6.45, 7) is 7.01. The van der Waals surface area contributed by atoms with Crippen LogP contribution in [-0.4, -0.2) is 81.4 Å². The van der Waals surface area contributed by atoms with Gasteiger partial charge in [-0.15, -0.1) is 0 Å². The number of piperidine rings is 1. The van der Waals surface area contributed by atoms with Gasteiger partial charge in [-0.25, -0.2) is 9.37 Å². The number of rotatable bonds is 12. The Hall–Kier alpha value is -2.82. The van der Waals surface area contributed by atoms with Gasteiger partial charge in [0.15, 0.2) is 0 Å². The van der Waals surface area contributed by atoms with Gasteiger partial charge in [0.25, 0.3) is 0 Å². The summed E-state index contributed by atoms with van der Waals surface area (Å²) in [7, 11) is 3.21. The second kappa shape index (κ2) is 13.7. The minimum atomic E-state index is -0.922. The Morgan fingerprint density at radius 1 is 1.15 bits per heavy atom. The molecule has 5 atom stereocenters. The van der Waals surface area contributed by atoms with Crippen LogP contribution in [-0.2, 0) is 14.3 Å². The van der Waals surface area contributed by atoms with E-state index in [1.54, 1.807) is 32.5 Å². The summed E-state index contributed by atoms with van der Waals surface area (Å²) in [5.74, 6) is -0.335. The predicted molar refractivity (Wildman–Crippen MR) is 151 cm³/mol. The number of carboxylic acid groups (broad SMARTS) is 1. The average molecular weight is 580 g/mol. The van der Waals surface area contributed by atoms with Crippen molar-refractivity contribution in [2.24, 2.45) is 11.8 Å². The number of halogens is 2. The summed E-state index contributed by atoms with van der Waals surface area (Å²) in [5.41, 5.74) is 1.23. The molecule has 2 fully saturated rings. The molecule has 0 amide bonds. The minimum absolute atomic E-state index is 0.0751. The van der Waals surface area contributed by atoms with E-state index in [0.717, 1.165) is 25.1 Å². The van der Waals surface area contributed by atoms with Gasteiger partial charge in [0, 0.05) is 76.4 Å². The number of ether oxygens (including phenoxy) is 4. The van der Waals surface area contributed by atoms with Crippen molar-refractivity contribution in [3.8, 4) is 11.6 Å². The number of hydrogen-bond acceptors (Lipinski definition) is 8. The van der Waals surface area contributed by atoms with Gasteiger partial charge in [-0.2, -0.15) is 0 Å². The smallest absolute Gasteiger partial charge is 0.305 e. The molecule has 220 valence electrons. The molecule has 0 saturated carbocycles. The molecule has 2 aliphatic rings. The van der Waals surface area contributed by atoms with Crippen LogP contribution in [0.15, 0.2) is 30.5 Å². The van der Waals surface area contributed by atoms with E-state index in [0.29, 0.717) is 48.6 Å². The standard InChI is InChI=1S/C29H39ClFN3O6/c1-18-16-33(25-13-28(38-4)32-15-21(25)30)9-8-26(18)40-20-6-7-23(22(31)12-20)34-17-27(39-11-5-10-37-3)19(2)24(34)14-29(35)36/h6-7,12-13,15,18-19,24,26-27H,5,8-11,14,16-17H2,1-4H3,(H,35,36)/t18?,19-,24-,26?,27-/m0/s1. The highest BCUT2D eigenvalue weighted by molar-refractivity contribution is 6.33. The maximum Gasteiger partial charge on any atom is 0.305 e. The molecule has 1 aromatic carbocycles. The summed E-state index contributed by atoms with van der Waals surface area (Å²) < 4.78 is 38.1. The normalized spacial score (nSPS) is 24.8. The van der Waals surface area contributed by atoms with E-state index < -0.39 is 11.8 Å². The van der Waals surface area contributed by atoms with Crippen molar-refractivity contribution in [3.05, 3.63) is 41.3 Å². The van der Waals surface area contributed by atoms with E-state index >= 15 is 4.39 Å². The third-order valence-electron chi connectivity index (χ3n) is 7.88. The van der Waals surface area contributed by atoms with Crippen LogP contribution in [0.2, 0.25) is 5.02 Å². The third kappa shape index (κ3) is 7.08. The van der Waals surface area contributed by atoms with Crippen LogP contribution in [0, 0.1) is 17.7 Å². The Morgan fingerprint density at radius 2 is 1.95 bits per heavy atom. The Balaban J connectivity index is 1.42. The Kier molecular flexibility index (Phi) is 10.3. The monoisotopic (exact) mass is 579 g/mol. The molecule has 11 heteroatoms. The molecular weight excluding hydrogens is 541 g/mol. The van der Waals surface area contributed by atoms with E-state index in [-0.39, 0.29) is 36.5 Å². The van der Waals surface area contributed by atoms with Gasteiger partial charge in [0.1, 0.15) is 17.7 Å². The lowest BCUT2D eigenvalue weighted by molar-refractivity contribution is -0.137. The lowest BCUT2D eigenvalue weighted by Crippen LogP contribution is -2.44. The number of hydrogen-bond donors (Lipinski definition) is 1. The minimum Gasteiger partial charge on any atom is -0.490 e. The molecular formula is C29H39ClFN3O6. The van der Waals surface area contributed by atoms with Crippen molar-refractivity contribution >= 4 is 28.9 Å². The molecule has 0 radical (unpaired) electrons. The van der Waals surface area contributed by atoms with Crippen LogP contribution < -0.4 is 19.3 Å². The zero-order valence-corrected chi connectivity index (χ0v) is 24.3. The fourth-order valence-corrected chi connectivity index (χ4v) is 5.89. The number of aliphatic carboxylic acids is 1.